The lowest BCUT2D eigenvalue weighted by Gasteiger charge is -2.36. The summed E-state index contributed by atoms with van der Waals surface area (Å²) in [7, 11) is 4.49. The first-order valence-electron chi connectivity index (χ1n) is 11.5. The van der Waals surface area contributed by atoms with Crippen molar-refractivity contribution < 1.29 is 24.3 Å². The van der Waals surface area contributed by atoms with Crippen LogP contribution in [0.3, 0.4) is 0 Å². The minimum Gasteiger partial charge on any atom is -0.400 e. The summed E-state index contributed by atoms with van der Waals surface area (Å²) in [5.41, 5.74) is 2.48. The van der Waals surface area contributed by atoms with Crippen LogP contribution < -0.4 is 20.0 Å². The van der Waals surface area contributed by atoms with Gasteiger partial charge in [0.05, 0.1) is 11.4 Å². The number of amides is 3. The quantitative estimate of drug-likeness (QED) is 0.471. The van der Waals surface area contributed by atoms with Crippen molar-refractivity contribution >= 4 is 41.6 Å². The first-order valence-corrected chi connectivity index (χ1v) is 11.5. The summed E-state index contributed by atoms with van der Waals surface area (Å²) in [5, 5.41) is 9.38. The second-order valence-corrected chi connectivity index (χ2v) is 7.80. The summed E-state index contributed by atoms with van der Waals surface area (Å²) in [4.78, 5) is 51.6. The number of nitrogens with zero attached hydrogens (tertiary/aromatic N) is 3. The number of hydrogen-bond donors (Lipinski definition) is 2. The fourth-order valence-corrected chi connectivity index (χ4v) is 4.13. The lowest BCUT2D eigenvalue weighted by Crippen LogP contribution is -2.51. The number of imide groups is 1. The van der Waals surface area contributed by atoms with Crippen LogP contribution in [0.2, 0.25) is 0 Å². The molecule has 0 saturated carbocycles. The van der Waals surface area contributed by atoms with Crippen LogP contribution in [0.5, 0.6) is 0 Å². The van der Waals surface area contributed by atoms with E-state index in [9.17, 15) is 19.2 Å². The zero-order valence-electron chi connectivity index (χ0n) is 20.4. The van der Waals surface area contributed by atoms with Gasteiger partial charge in [-0.3, -0.25) is 19.7 Å². The molecule has 0 radical (unpaired) electrons. The summed E-state index contributed by atoms with van der Waals surface area (Å²) in [6.45, 7) is 5.73. The molecule has 1 aromatic rings. The van der Waals surface area contributed by atoms with Gasteiger partial charge in [0.2, 0.25) is 18.2 Å². The third-order valence-electron chi connectivity index (χ3n) is 5.96. The van der Waals surface area contributed by atoms with Crippen LogP contribution in [-0.2, 0) is 19.2 Å². The van der Waals surface area contributed by atoms with E-state index in [4.69, 9.17) is 5.11 Å². The molecule has 0 aliphatic carbocycles. The fraction of sp³-hybridized carbons (Fsp3) is 0.583. The van der Waals surface area contributed by atoms with Crippen molar-refractivity contribution in [1.82, 2.24) is 5.32 Å². The summed E-state index contributed by atoms with van der Waals surface area (Å²) in [6, 6.07) is 5.43. The summed E-state index contributed by atoms with van der Waals surface area (Å²) >= 11 is 0. The smallest absolute Gasteiger partial charge is 0.249 e. The number of carbonyl (C=O) groups excluding carboxylic acids is 4. The summed E-state index contributed by atoms with van der Waals surface area (Å²) < 4.78 is 0. The van der Waals surface area contributed by atoms with Gasteiger partial charge in [-0.15, -0.1) is 0 Å². The number of carbonyl (C=O) groups is 4. The molecule has 2 aliphatic heterocycles. The Morgan fingerprint density at radius 1 is 1.06 bits per heavy atom. The summed E-state index contributed by atoms with van der Waals surface area (Å²) in [5.74, 6) is -0.123. The number of anilines is 3. The van der Waals surface area contributed by atoms with Crippen LogP contribution in [0.15, 0.2) is 18.2 Å². The van der Waals surface area contributed by atoms with Crippen molar-refractivity contribution in [3.8, 4) is 0 Å². The highest BCUT2D eigenvalue weighted by molar-refractivity contribution is 6.02. The van der Waals surface area contributed by atoms with Gasteiger partial charge in [-0.05, 0) is 43.4 Å². The summed E-state index contributed by atoms with van der Waals surface area (Å²) in [6.07, 6.45) is 5.03. The zero-order valence-corrected chi connectivity index (χ0v) is 20.4. The molecule has 3 rings (SSSR count). The predicted molar refractivity (Wildman–Crippen MR) is 131 cm³/mol. The molecule has 2 N–H and O–H groups in total. The molecule has 33 heavy (non-hydrogen) atoms. The molecule has 1 aromatic carbocycles. The monoisotopic (exact) mass is 462 g/mol. The van der Waals surface area contributed by atoms with Crippen LogP contribution in [0.1, 0.15) is 46.0 Å². The van der Waals surface area contributed by atoms with E-state index in [2.05, 4.69) is 10.2 Å². The third-order valence-corrected chi connectivity index (χ3v) is 5.96. The van der Waals surface area contributed by atoms with Crippen LogP contribution in [0, 0.1) is 5.92 Å². The molecule has 2 fully saturated rings. The first-order chi connectivity index (χ1) is 15.9. The highest BCUT2D eigenvalue weighted by Crippen LogP contribution is 2.35. The molecule has 1 unspecified atom stereocenters. The fourth-order valence-electron chi connectivity index (χ4n) is 4.13. The van der Waals surface area contributed by atoms with Gasteiger partial charge in [-0.25, -0.2) is 0 Å². The minimum absolute atomic E-state index is 0.252. The standard InChI is InChI=1S/C21H28N4O4.C2H6.CH4O/c1-23(14-27)19-13-16(25-10-7-15(8-11-25)9-12-26)3-4-17(19)24(2)18-5-6-20(28)22-21(18)29;2*1-2/h3-4,12-15,18H,5-11H2,1-2H3,(H,22,28,29);1-2H3;2H,1H3. The number of hydrogen-bond acceptors (Lipinski definition) is 7. The lowest BCUT2D eigenvalue weighted by atomic mass is 9.94. The second kappa shape index (κ2) is 14.3. The maximum Gasteiger partial charge on any atom is 0.249 e. The normalized spacial score (nSPS) is 18.1. The number of piperidine rings is 2. The predicted octanol–water partition coefficient (Wildman–Crippen LogP) is 1.96. The molecule has 0 bridgehead atoms. The van der Waals surface area contributed by atoms with Crippen molar-refractivity contribution in [2.75, 3.05) is 49.0 Å². The number of nitrogens with one attached hydrogen (secondary N) is 1. The lowest BCUT2D eigenvalue weighted by molar-refractivity contribution is -0.134. The van der Waals surface area contributed by atoms with E-state index < -0.39 is 6.04 Å². The molecule has 0 aromatic heterocycles. The molecule has 9 heteroatoms. The van der Waals surface area contributed by atoms with Crippen molar-refractivity contribution in [2.24, 2.45) is 5.92 Å². The van der Waals surface area contributed by atoms with E-state index in [1.54, 1.807) is 7.05 Å². The van der Waals surface area contributed by atoms with Crippen LogP contribution >= 0.6 is 0 Å². The zero-order chi connectivity index (χ0) is 25.0. The third kappa shape index (κ3) is 7.28. The average Bonchev–Trinajstić information content (AvgIpc) is 2.86. The largest absolute Gasteiger partial charge is 0.400 e. The van der Waals surface area contributed by atoms with E-state index in [0.29, 0.717) is 30.9 Å². The van der Waals surface area contributed by atoms with Gasteiger partial charge >= 0.3 is 0 Å². The van der Waals surface area contributed by atoms with Crippen molar-refractivity contribution in [2.45, 2.75) is 52.0 Å². The Hall–Kier alpha value is -2.94. The molecular formula is C24H38N4O5. The number of likely N-dealkylation sites (N-methyl/N-ethyl adjacent to an activating group) is 1. The Morgan fingerprint density at radius 2 is 1.70 bits per heavy atom. The number of benzene rings is 1. The molecule has 2 saturated heterocycles. The first kappa shape index (κ1) is 28.1. The highest BCUT2D eigenvalue weighted by atomic mass is 16.2. The molecule has 184 valence electrons. The van der Waals surface area contributed by atoms with Gasteiger partial charge in [0.1, 0.15) is 12.3 Å². The van der Waals surface area contributed by atoms with E-state index in [1.807, 2.05) is 44.0 Å². The van der Waals surface area contributed by atoms with Crippen molar-refractivity contribution in [3.05, 3.63) is 18.2 Å². The molecule has 3 amide bonds. The van der Waals surface area contributed by atoms with Gasteiger partial charge in [0.25, 0.3) is 0 Å². The van der Waals surface area contributed by atoms with Crippen molar-refractivity contribution in [3.63, 3.8) is 0 Å². The Balaban J connectivity index is 0.00000129. The van der Waals surface area contributed by atoms with Gasteiger partial charge in [0, 0.05) is 52.8 Å². The number of rotatable bonds is 7. The van der Waals surface area contributed by atoms with Crippen LogP contribution in [-0.4, -0.2) is 70.0 Å². The highest BCUT2D eigenvalue weighted by Gasteiger charge is 2.31. The van der Waals surface area contributed by atoms with Crippen LogP contribution in [0.25, 0.3) is 0 Å². The Kier molecular flexibility index (Phi) is 12.1. The molecule has 0 spiro atoms. The Morgan fingerprint density at radius 3 is 2.24 bits per heavy atom. The van der Waals surface area contributed by atoms with Gasteiger partial charge in [0.15, 0.2) is 0 Å². The topological polar surface area (TPSA) is 110 Å². The van der Waals surface area contributed by atoms with E-state index in [0.717, 1.165) is 57.1 Å². The van der Waals surface area contributed by atoms with E-state index in [-0.39, 0.29) is 11.8 Å². The molecule has 9 nitrogen and oxygen atoms in total. The SMILES string of the molecule is CC.CN(C=O)c1cc(N2CCC(CC=O)CC2)ccc1N(C)C1CCC(=O)NC1=O.CO. The molecular weight excluding hydrogens is 424 g/mol. The van der Waals surface area contributed by atoms with Crippen molar-refractivity contribution in [1.29, 1.82) is 0 Å². The Bertz CT molecular complexity index is 793. The van der Waals surface area contributed by atoms with Crippen LogP contribution in [0.4, 0.5) is 17.1 Å². The Labute approximate surface area is 196 Å². The number of aliphatic hydroxyl groups excluding tert-OH is 1. The molecule has 1 atom stereocenters. The maximum absolute atomic E-state index is 12.3. The minimum atomic E-state index is -0.462. The number of aldehydes is 1. The second-order valence-electron chi connectivity index (χ2n) is 7.80. The molecule has 2 heterocycles. The van der Waals surface area contributed by atoms with Gasteiger partial charge in [-0.1, -0.05) is 13.8 Å². The van der Waals surface area contributed by atoms with E-state index in [1.165, 1.54) is 4.90 Å². The van der Waals surface area contributed by atoms with Gasteiger partial charge in [-0.2, -0.15) is 0 Å². The van der Waals surface area contributed by atoms with Gasteiger partial charge < -0.3 is 24.6 Å². The molecule has 2 aliphatic rings. The number of aliphatic hydroxyl groups is 1. The van der Waals surface area contributed by atoms with E-state index >= 15 is 0 Å². The maximum atomic E-state index is 12.3. The average molecular weight is 463 g/mol.